The number of aliphatic hydroxyl groups excluding tert-OH is 1. The lowest BCUT2D eigenvalue weighted by atomic mass is 9.68. The molecule has 2 aromatic carbocycles. The molecule has 0 radical (unpaired) electrons. The van der Waals surface area contributed by atoms with E-state index in [1.807, 2.05) is 42.5 Å². The highest BCUT2D eigenvalue weighted by molar-refractivity contribution is 5.85. The zero-order valence-electron chi connectivity index (χ0n) is 19.3. The molecule has 0 bridgehead atoms. The smallest absolute Gasteiger partial charge is 0.328 e. The fourth-order valence-corrected chi connectivity index (χ4v) is 4.70. The van der Waals surface area contributed by atoms with E-state index in [4.69, 9.17) is 0 Å². The average molecular weight is 455 g/mol. The molecule has 1 fully saturated rings. The Labute approximate surface area is 195 Å². The van der Waals surface area contributed by atoms with E-state index in [0.717, 1.165) is 30.6 Å². The number of rotatable bonds is 9. The van der Waals surface area contributed by atoms with Crippen molar-refractivity contribution in [1.82, 2.24) is 10.2 Å². The predicted octanol–water partition coefficient (Wildman–Crippen LogP) is 2.41. The van der Waals surface area contributed by atoms with Crippen molar-refractivity contribution in [3.63, 3.8) is 0 Å². The zero-order chi connectivity index (χ0) is 24.0. The number of carbonyl (C=O) groups excluding carboxylic acids is 1. The topological polar surface area (TPSA) is 110 Å². The molecule has 1 aliphatic rings. The molecule has 7 nitrogen and oxygen atoms in total. The van der Waals surface area contributed by atoms with Gasteiger partial charge in [-0.25, -0.2) is 4.79 Å². The van der Waals surface area contributed by atoms with Gasteiger partial charge in [0.2, 0.25) is 5.91 Å². The molecule has 1 saturated heterocycles. The number of phenols is 1. The molecule has 1 aliphatic heterocycles. The number of carbonyl (C=O) groups is 2. The minimum atomic E-state index is -1.31. The number of amides is 1. The molecule has 178 valence electrons. The van der Waals surface area contributed by atoms with Gasteiger partial charge in [0.25, 0.3) is 0 Å². The number of nitrogens with one attached hydrogen (secondary N) is 1. The Morgan fingerprint density at radius 2 is 1.91 bits per heavy atom. The van der Waals surface area contributed by atoms with Crippen LogP contribution in [0.25, 0.3) is 0 Å². The summed E-state index contributed by atoms with van der Waals surface area (Å²) in [6.45, 7) is 5.83. The molecule has 0 aromatic heterocycles. The van der Waals surface area contributed by atoms with Gasteiger partial charge in [-0.05, 0) is 54.0 Å². The van der Waals surface area contributed by atoms with Crippen LogP contribution in [0, 0.1) is 11.8 Å². The average Bonchev–Trinajstić information content (AvgIpc) is 2.79. The highest BCUT2D eigenvalue weighted by Crippen LogP contribution is 2.40. The SMILES string of the molecule is C[C@H]1CN(C[C@H](Cc2ccccc2)C(=O)N[C@@H](CO)C(=O)O)CC[C@@]1(C)c1cccc(O)c1. The number of phenolic OH excluding ortho intramolecular Hbond substituents is 1. The Kier molecular flexibility index (Phi) is 8.10. The van der Waals surface area contributed by atoms with Gasteiger partial charge in [-0.3, -0.25) is 4.79 Å². The summed E-state index contributed by atoms with van der Waals surface area (Å²) in [5.74, 6) is -1.51. The molecule has 0 aliphatic carbocycles. The van der Waals surface area contributed by atoms with Crippen LogP contribution in [0.1, 0.15) is 31.4 Å². The van der Waals surface area contributed by atoms with E-state index in [1.165, 1.54) is 0 Å². The summed E-state index contributed by atoms with van der Waals surface area (Å²) < 4.78 is 0. The minimum absolute atomic E-state index is 0.0856. The fraction of sp³-hybridized carbons (Fsp3) is 0.462. The molecule has 1 heterocycles. The van der Waals surface area contributed by atoms with Crippen molar-refractivity contribution in [3.05, 3.63) is 65.7 Å². The second kappa shape index (κ2) is 10.8. The summed E-state index contributed by atoms with van der Waals surface area (Å²) in [4.78, 5) is 26.6. The molecule has 7 heteroatoms. The standard InChI is InChI=1S/C26H34N2O5/c1-18-15-28(12-11-26(18,2)21-9-6-10-22(30)14-21)16-20(13-19-7-4-3-5-8-19)24(31)27-23(17-29)25(32)33/h3-10,14,18,20,23,29-30H,11-13,15-17H2,1-2H3,(H,27,31)(H,32,33)/t18-,20-,23-,26+/m0/s1. The molecule has 3 rings (SSSR count). The summed E-state index contributed by atoms with van der Waals surface area (Å²) in [5, 5.41) is 31.0. The van der Waals surface area contributed by atoms with Gasteiger partial charge < -0.3 is 25.5 Å². The molecule has 0 spiro atoms. The van der Waals surface area contributed by atoms with Crippen molar-refractivity contribution in [2.75, 3.05) is 26.2 Å². The second-order valence-electron chi connectivity index (χ2n) is 9.35. The summed E-state index contributed by atoms with van der Waals surface area (Å²) in [5.41, 5.74) is 2.03. The van der Waals surface area contributed by atoms with Gasteiger partial charge in [0.15, 0.2) is 0 Å². The molecule has 4 N–H and O–H groups in total. The van der Waals surface area contributed by atoms with Crippen LogP contribution in [-0.4, -0.2) is 64.4 Å². The Bertz CT molecular complexity index is 951. The fourth-order valence-electron chi connectivity index (χ4n) is 4.70. The Hall–Kier alpha value is -2.90. The number of aliphatic carboxylic acids is 1. The molecule has 0 saturated carbocycles. The molecule has 33 heavy (non-hydrogen) atoms. The van der Waals surface area contributed by atoms with Crippen LogP contribution in [0.5, 0.6) is 5.75 Å². The van der Waals surface area contributed by atoms with E-state index in [9.17, 15) is 24.9 Å². The number of benzene rings is 2. The first kappa shape index (κ1) is 24.7. The van der Waals surface area contributed by atoms with Crippen molar-refractivity contribution in [2.45, 2.75) is 38.1 Å². The van der Waals surface area contributed by atoms with E-state index < -0.39 is 24.5 Å². The van der Waals surface area contributed by atoms with E-state index in [-0.39, 0.29) is 23.0 Å². The number of nitrogens with zero attached hydrogens (tertiary/aromatic N) is 1. The number of piperidine rings is 1. The summed E-state index contributed by atoms with van der Waals surface area (Å²) in [6, 6.07) is 15.8. The van der Waals surface area contributed by atoms with Crippen LogP contribution >= 0.6 is 0 Å². The summed E-state index contributed by atoms with van der Waals surface area (Å²) in [7, 11) is 0. The number of carboxylic acid groups (broad SMARTS) is 1. The van der Waals surface area contributed by atoms with Gasteiger partial charge in [0.1, 0.15) is 11.8 Å². The largest absolute Gasteiger partial charge is 0.508 e. The number of aliphatic hydroxyl groups is 1. The number of hydrogen-bond acceptors (Lipinski definition) is 5. The third kappa shape index (κ3) is 6.12. The Morgan fingerprint density at radius 1 is 1.18 bits per heavy atom. The van der Waals surface area contributed by atoms with Gasteiger partial charge in [-0.15, -0.1) is 0 Å². The number of aromatic hydroxyl groups is 1. The van der Waals surface area contributed by atoms with Crippen molar-refractivity contribution in [2.24, 2.45) is 11.8 Å². The highest BCUT2D eigenvalue weighted by Gasteiger charge is 2.39. The molecule has 2 aromatic rings. The van der Waals surface area contributed by atoms with E-state index in [2.05, 4.69) is 30.1 Å². The monoisotopic (exact) mass is 454 g/mol. The maximum atomic E-state index is 13.0. The Morgan fingerprint density at radius 3 is 2.52 bits per heavy atom. The summed E-state index contributed by atoms with van der Waals surface area (Å²) in [6.07, 6.45) is 1.37. The second-order valence-corrected chi connectivity index (χ2v) is 9.35. The molecular formula is C26H34N2O5. The molecular weight excluding hydrogens is 420 g/mol. The third-order valence-corrected chi connectivity index (χ3v) is 7.04. The van der Waals surface area contributed by atoms with Crippen LogP contribution in [-0.2, 0) is 21.4 Å². The lowest BCUT2D eigenvalue weighted by Gasteiger charge is -2.45. The molecule has 4 atom stereocenters. The zero-order valence-corrected chi connectivity index (χ0v) is 19.3. The first-order chi connectivity index (χ1) is 15.7. The van der Waals surface area contributed by atoms with Crippen LogP contribution in [0.15, 0.2) is 54.6 Å². The number of hydrogen-bond donors (Lipinski definition) is 4. The van der Waals surface area contributed by atoms with Gasteiger partial charge in [0.05, 0.1) is 12.5 Å². The quantitative estimate of drug-likeness (QED) is 0.463. The van der Waals surface area contributed by atoms with E-state index >= 15 is 0 Å². The van der Waals surface area contributed by atoms with Gasteiger partial charge in [0, 0.05) is 13.1 Å². The Balaban J connectivity index is 1.73. The lowest BCUT2D eigenvalue weighted by molar-refractivity contribution is -0.143. The molecule has 1 amide bonds. The van der Waals surface area contributed by atoms with Gasteiger partial charge >= 0.3 is 5.97 Å². The number of likely N-dealkylation sites (tertiary alicyclic amines) is 1. The first-order valence-electron chi connectivity index (χ1n) is 11.4. The van der Waals surface area contributed by atoms with Crippen molar-refractivity contribution in [3.8, 4) is 5.75 Å². The maximum absolute atomic E-state index is 13.0. The van der Waals surface area contributed by atoms with E-state index in [0.29, 0.717) is 13.0 Å². The maximum Gasteiger partial charge on any atom is 0.328 e. The lowest BCUT2D eigenvalue weighted by Crippen LogP contribution is -2.52. The van der Waals surface area contributed by atoms with E-state index in [1.54, 1.807) is 6.07 Å². The highest BCUT2D eigenvalue weighted by atomic mass is 16.4. The van der Waals surface area contributed by atoms with Gasteiger partial charge in [-0.2, -0.15) is 0 Å². The van der Waals surface area contributed by atoms with Crippen molar-refractivity contribution < 1.29 is 24.9 Å². The van der Waals surface area contributed by atoms with Crippen LogP contribution in [0.2, 0.25) is 0 Å². The third-order valence-electron chi connectivity index (χ3n) is 7.04. The van der Waals surface area contributed by atoms with Crippen LogP contribution in [0.3, 0.4) is 0 Å². The predicted molar refractivity (Wildman–Crippen MR) is 126 cm³/mol. The van der Waals surface area contributed by atoms with Gasteiger partial charge in [-0.1, -0.05) is 56.3 Å². The minimum Gasteiger partial charge on any atom is -0.508 e. The first-order valence-corrected chi connectivity index (χ1v) is 11.4. The summed E-state index contributed by atoms with van der Waals surface area (Å²) >= 11 is 0. The van der Waals surface area contributed by atoms with Crippen molar-refractivity contribution >= 4 is 11.9 Å². The van der Waals surface area contributed by atoms with Crippen LogP contribution in [0.4, 0.5) is 0 Å². The normalized spacial score (nSPS) is 22.9. The molecule has 0 unspecified atom stereocenters. The number of carboxylic acids is 1. The van der Waals surface area contributed by atoms with Crippen molar-refractivity contribution in [1.29, 1.82) is 0 Å². The van der Waals surface area contributed by atoms with Crippen LogP contribution < -0.4 is 5.32 Å².